The summed E-state index contributed by atoms with van der Waals surface area (Å²) in [6, 6.07) is 13.1. The summed E-state index contributed by atoms with van der Waals surface area (Å²) in [6.07, 6.45) is 0. The summed E-state index contributed by atoms with van der Waals surface area (Å²) >= 11 is 0. The fraction of sp³-hybridized carbons (Fsp3) is 0.714. The quantitative estimate of drug-likeness (QED) is 0.372. The molecule has 28 heavy (non-hydrogen) atoms. The van der Waals surface area contributed by atoms with Crippen LogP contribution in [-0.2, 0) is 28.2 Å². The minimum absolute atomic E-state index is 0.624. The van der Waals surface area contributed by atoms with Gasteiger partial charge in [-0.25, -0.2) is 0 Å². The van der Waals surface area contributed by atoms with Crippen molar-refractivity contribution in [3.8, 4) is 0 Å². The summed E-state index contributed by atoms with van der Waals surface area (Å²) in [6.45, 7) is 17.7. The molecule has 0 radical (unpaired) electrons. The summed E-state index contributed by atoms with van der Waals surface area (Å²) in [5.41, 5.74) is 1.20. The Morgan fingerprint density at radius 2 is 0.964 bits per heavy atom. The standard InChI is InChI=1S/C13H22O3Si.C8H20O2Si/c1-4-14-17(15-5-2,16-6-3)12-13-10-8-7-9-11-13;1-5-9-11(7-3,8-4)10-6-2/h7-11H,4-6,12H2,1-3H3;5-8H2,1-4H3. The molecule has 0 aliphatic heterocycles. The average Bonchev–Trinajstić information content (AvgIpc) is 2.69. The Kier molecular flexibility index (Phi) is 16.0. The zero-order valence-corrected chi connectivity index (χ0v) is 21.1. The Hall–Kier alpha value is -0.546. The van der Waals surface area contributed by atoms with Gasteiger partial charge in [0.2, 0.25) is 0 Å². The summed E-state index contributed by atoms with van der Waals surface area (Å²) in [5.74, 6) is 0. The van der Waals surface area contributed by atoms with E-state index in [-0.39, 0.29) is 0 Å². The first kappa shape index (κ1) is 27.5. The van der Waals surface area contributed by atoms with Crippen LogP contribution in [0.15, 0.2) is 30.3 Å². The molecule has 0 heterocycles. The van der Waals surface area contributed by atoms with Crippen LogP contribution in [0.1, 0.15) is 54.0 Å². The highest BCUT2D eigenvalue weighted by molar-refractivity contribution is 6.67. The molecule has 0 aliphatic carbocycles. The van der Waals surface area contributed by atoms with Crippen LogP contribution in [0.3, 0.4) is 0 Å². The van der Waals surface area contributed by atoms with E-state index in [1.54, 1.807) is 0 Å². The maximum Gasteiger partial charge on any atom is 0.505 e. The van der Waals surface area contributed by atoms with Gasteiger partial charge in [-0.05, 0) is 52.3 Å². The van der Waals surface area contributed by atoms with Crippen molar-refractivity contribution in [2.75, 3.05) is 33.0 Å². The molecule has 1 rings (SSSR count). The van der Waals surface area contributed by atoms with Crippen molar-refractivity contribution in [2.45, 2.75) is 66.6 Å². The largest absolute Gasteiger partial charge is 0.505 e. The molecule has 0 bridgehead atoms. The molecule has 0 N–H and O–H groups in total. The first-order chi connectivity index (χ1) is 13.5. The molecule has 0 unspecified atom stereocenters. The topological polar surface area (TPSA) is 46.2 Å². The summed E-state index contributed by atoms with van der Waals surface area (Å²) < 4.78 is 28.8. The number of hydrogen-bond acceptors (Lipinski definition) is 5. The number of hydrogen-bond donors (Lipinski definition) is 0. The molecule has 0 fully saturated rings. The Morgan fingerprint density at radius 1 is 0.571 bits per heavy atom. The van der Waals surface area contributed by atoms with E-state index in [9.17, 15) is 0 Å². The van der Waals surface area contributed by atoms with E-state index in [2.05, 4.69) is 26.0 Å². The average molecular weight is 431 g/mol. The summed E-state index contributed by atoms with van der Waals surface area (Å²) in [7, 11) is -4.28. The lowest BCUT2D eigenvalue weighted by molar-refractivity contribution is 0.0704. The highest BCUT2D eigenvalue weighted by atomic mass is 28.4. The third-order valence-corrected chi connectivity index (χ3v) is 11.1. The van der Waals surface area contributed by atoms with Gasteiger partial charge in [0.25, 0.3) is 0 Å². The molecule has 0 saturated carbocycles. The maximum atomic E-state index is 5.81. The van der Waals surface area contributed by atoms with Crippen LogP contribution in [0.5, 0.6) is 0 Å². The van der Waals surface area contributed by atoms with Gasteiger partial charge in [0.1, 0.15) is 0 Å². The van der Waals surface area contributed by atoms with Crippen molar-refractivity contribution in [3.05, 3.63) is 35.9 Å². The predicted molar refractivity (Wildman–Crippen MR) is 121 cm³/mol. The molecule has 7 heteroatoms. The van der Waals surface area contributed by atoms with Gasteiger partial charge >= 0.3 is 17.4 Å². The Morgan fingerprint density at radius 3 is 1.29 bits per heavy atom. The van der Waals surface area contributed by atoms with Gasteiger partial charge in [-0.3, -0.25) is 0 Å². The fourth-order valence-electron chi connectivity index (χ4n) is 3.01. The van der Waals surface area contributed by atoms with Crippen LogP contribution >= 0.6 is 0 Å². The van der Waals surface area contributed by atoms with E-state index in [4.69, 9.17) is 22.1 Å². The highest BCUT2D eigenvalue weighted by Crippen LogP contribution is 2.18. The van der Waals surface area contributed by atoms with E-state index < -0.39 is 17.4 Å². The molecular weight excluding hydrogens is 388 g/mol. The molecule has 1 aromatic carbocycles. The van der Waals surface area contributed by atoms with Crippen LogP contribution in [0.2, 0.25) is 12.1 Å². The van der Waals surface area contributed by atoms with Gasteiger partial charge < -0.3 is 22.1 Å². The molecule has 164 valence electrons. The van der Waals surface area contributed by atoms with Crippen molar-refractivity contribution in [1.29, 1.82) is 0 Å². The van der Waals surface area contributed by atoms with Gasteiger partial charge in [0.15, 0.2) is 0 Å². The van der Waals surface area contributed by atoms with Gasteiger partial charge in [-0.15, -0.1) is 0 Å². The van der Waals surface area contributed by atoms with E-state index in [1.165, 1.54) is 5.56 Å². The lowest BCUT2D eigenvalue weighted by Gasteiger charge is -2.28. The molecule has 0 aromatic heterocycles. The van der Waals surface area contributed by atoms with Crippen LogP contribution in [0.4, 0.5) is 0 Å². The lowest BCUT2D eigenvalue weighted by Crippen LogP contribution is -2.48. The molecule has 5 nitrogen and oxygen atoms in total. The van der Waals surface area contributed by atoms with E-state index in [1.807, 2.05) is 52.8 Å². The van der Waals surface area contributed by atoms with Crippen molar-refractivity contribution in [3.63, 3.8) is 0 Å². The monoisotopic (exact) mass is 430 g/mol. The second-order valence-corrected chi connectivity index (χ2v) is 12.5. The molecule has 1 aromatic rings. The van der Waals surface area contributed by atoms with E-state index in [0.29, 0.717) is 19.8 Å². The Bertz CT molecular complexity index is 444. The minimum atomic E-state index is -2.54. The zero-order valence-electron chi connectivity index (χ0n) is 19.1. The first-order valence-electron chi connectivity index (χ1n) is 10.7. The third kappa shape index (κ3) is 10.3. The van der Waals surface area contributed by atoms with Crippen LogP contribution in [0.25, 0.3) is 0 Å². The Balaban J connectivity index is 0.000000576. The van der Waals surface area contributed by atoms with Gasteiger partial charge in [0.05, 0.1) is 0 Å². The van der Waals surface area contributed by atoms with Crippen LogP contribution in [0, 0.1) is 0 Å². The molecule has 0 atom stereocenters. The van der Waals surface area contributed by atoms with Crippen molar-refractivity contribution in [2.24, 2.45) is 0 Å². The van der Waals surface area contributed by atoms with Crippen molar-refractivity contribution < 1.29 is 22.1 Å². The third-order valence-electron chi connectivity index (χ3n) is 4.25. The van der Waals surface area contributed by atoms with Crippen LogP contribution < -0.4 is 0 Å². The van der Waals surface area contributed by atoms with Crippen molar-refractivity contribution >= 4 is 17.4 Å². The lowest BCUT2D eigenvalue weighted by atomic mass is 10.2. The Labute approximate surface area is 175 Å². The molecule has 0 saturated heterocycles. The van der Waals surface area contributed by atoms with Crippen LogP contribution in [-0.4, -0.2) is 50.4 Å². The van der Waals surface area contributed by atoms with Crippen molar-refractivity contribution in [1.82, 2.24) is 0 Å². The maximum absolute atomic E-state index is 5.81. The van der Waals surface area contributed by atoms with E-state index in [0.717, 1.165) is 31.3 Å². The minimum Gasteiger partial charge on any atom is -0.395 e. The van der Waals surface area contributed by atoms with E-state index >= 15 is 0 Å². The zero-order chi connectivity index (χ0) is 21.3. The number of rotatable bonds is 14. The highest BCUT2D eigenvalue weighted by Gasteiger charge is 2.40. The second kappa shape index (κ2) is 16.3. The summed E-state index contributed by atoms with van der Waals surface area (Å²) in [4.78, 5) is 0. The predicted octanol–water partition coefficient (Wildman–Crippen LogP) is 5.36. The molecule has 0 amide bonds. The fourth-order valence-corrected chi connectivity index (χ4v) is 8.07. The number of benzene rings is 1. The smallest absolute Gasteiger partial charge is 0.395 e. The molecular formula is C21H42O5Si2. The summed E-state index contributed by atoms with van der Waals surface area (Å²) in [5, 5.41) is 0. The second-order valence-electron chi connectivity index (χ2n) is 6.13. The van der Waals surface area contributed by atoms with Gasteiger partial charge in [0, 0.05) is 39.1 Å². The van der Waals surface area contributed by atoms with Gasteiger partial charge in [-0.2, -0.15) is 0 Å². The molecule has 0 aliphatic rings. The SMILES string of the molecule is CCO[Si](CC)(CC)OCC.CCO[Si](Cc1ccccc1)(OCC)OCC. The van der Waals surface area contributed by atoms with Gasteiger partial charge in [-0.1, -0.05) is 44.2 Å². The first-order valence-corrected chi connectivity index (χ1v) is 14.9. The molecule has 0 spiro atoms. The normalized spacial score (nSPS) is 11.8.